The average Bonchev–Trinajstić information content (AvgIpc) is 3.24. The number of hydrogen-bond acceptors (Lipinski definition) is 4. The maximum Gasteiger partial charge on any atom is 0.346 e. The van der Waals surface area contributed by atoms with E-state index in [2.05, 4.69) is 29.2 Å². The van der Waals surface area contributed by atoms with Gasteiger partial charge in [0.05, 0.1) is 11.3 Å². The Morgan fingerprint density at radius 2 is 1.55 bits per heavy atom. The van der Waals surface area contributed by atoms with Crippen LogP contribution in [-0.2, 0) is 0 Å². The molecule has 0 unspecified atom stereocenters. The molecule has 29 heavy (non-hydrogen) atoms. The lowest BCUT2D eigenvalue weighted by molar-refractivity contribution is 0.563. The summed E-state index contributed by atoms with van der Waals surface area (Å²) >= 11 is 7.49. The summed E-state index contributed by atoms with van der Waals surface area (Å²) in [4.78, 5) is 17.1. The molecule has 5 rings (SSSR count). The molecule has 0 fully saturated rings. The van der Waals surface area contributed by atoms with E-state index in [0.717, 1.165) is 22.2 Å². The number of aromatic nitrogens is 1. The van der Waals surface area contributed by atoms with Crippen LogP contribution in [-0.4, -0.2) is 4.98 Å². The third-order valence-electron chi connectivity index (χ3n) is 4.72. The molecule has 5 heteroatoms. The summed E-state index contributed by atoms with van der Waals surface area (Å²) in [5, 5.41) is 3.95. The molecule has 0 aliphatic heterocycles. The summed E-state index contributed by atoms with van der Waals surface area (Å²) in [6.07, 6.45) is 0. The summed E-state index contributed by atoms with van der Waals surface area (Å²) in [6.45, 7) is 0. The predicted octanol–water partition coefficient (Wildman–Crippen LogP) is 6.90. The Hall–Kier alpha value is -3.21. The number of nitrogens with zero attached hydrogens (tertiary/aromatic N) is 1. The van der Waals surface area contributed by atoms with Crippen LogP contribution in [0.5, 0.6) is 0 Å². The van der Waals surface area contributed by atoms with Crippen molar-refractivity contribution in [3.63, 3.8) is 0 Å². The van der Waals surface area contributed by atoms with Crippen molar-refractivity contribution in [2.75, 3.05) is 0 Å². The minimum Gasteiger partial charge on any atom is -0.422 e. The molecule has 0 aliphatic carbocycles. The van der Waals surface area contributed by atoms with Gasteiger partial charge in [0, 0.05) is 21.4 Å². The third kappa shape index (κ3) is 3.48. The molecule has 0 bridgehead atoms. The Labute approximate surface area is 175 Å². The summed E-state index contributed by atoms with van der Waals surface area (Å²) in [5.41, 5.74) is 4.70. The van der Waals surface area contributed by atoms with Crippen LogP contribution < -0.4 is 5.63 Å². The zero-order chi connectivity index (χ0) is 19.8. The number of hydrogen-bond donors (Lipinski definition) is 0. The maximum atomic E-state index is 12.4. The zero-order valence-electron chi connectivity index (χ0n) is 15.1. The lowest BCUT2D eigenvalue weighted by Gasteiger charge is -2.03. The molecule has 0 saturated carbocycles. The van der Waals surface area contributed by atoms with Gasteiger partial charge in [-0.2, -0.15) is 0 Å². The Kier molecular flexibility index (Phi) is 4.51. The van der Waals surface area contributed by atoms with E-state index >= 15 is 0 Å². The maximum absolute atomic E-state index is 12.4. The van der Waals surface area contributed by atoms with Crippen molar-refractivity contribution in [2.24, 2.45) is 0 Å². The van der Waals surface area contributed by atoms with Crippen molar-refractivity contribution in [2.45, 2.75) is 0 Å². The molecule has 0 saturated heterocycles. The zero-order valence-corrected chi connectivity index (χ0v) is 16.7. The molecule has 3 nitrogen and oxygen atoms in total. The first-order valence-corrected chi connectivity index (χ1v) is 10.3. The molecule has 2 aromatic heterocycles. The molecule has 140 valence electrons. The summed E-state index contributed by atoms with van der Waals surface area (Å²) in [5.74, 6) is 0. The number of benzene rings is 3. The number of fused-ring (bicyclic) bond motifs is 1. The molecule has 0 atom stereocenters. The third-order valence-corrected chi connectivity index (χ3v) is 5.83. The van der Waals surface area contributed by atoms with E-state index in [1.54, 1.807) is 24.3 Å². The fourth-order valence-electron chi connectivity index (χ4n) is 3.24. The molecular formula is C24H14ClNO2S. The van der Waals surface area contributed by atoms with Crippen LogP contribution in [0.2, 0.25) is 5.02 Å². The van der Waals surface area contributed by atoms with Gasteiger partial charge in [-0.3, -0.25) is 0 Å². The second kappa shape index (κ2) is 7.32. The first kappa shape index (κ1) is 17.9. The summed E-state index contributed by atoms with van der Waals surface area (Å²) in [6, 6.07) is 25.4. The SMILES string of the molecule is O=c1oc2ccc(Cl)cc2cc1-c1nc(-c2ccc(-c3ccccc3)cc2)cs1. The highest BCUT2D eigenvalue weighted by atomic mass is 35.5. The lowest BCUT2D eigenvalue weighted by atomic mass is 10.0. The molecule has 5 aromatic rings. The van der Waals surface area contributed by atoms with Crippen LogP contribution in [0.3, 0.4) is 0 Å². The average molecular weight is 416 g/mol. The molecule has 3 aromatic carbocycles. The lowest BCUT2D eigenvalue weighted by Crippen LogP contribution is -2.02. The van der Waals surface area contributed by atoms with Crippen molar-refractivity contribution < 1.29 is 4.42 Å². The Morgan fingerprint density at radius 1 is 0.828 bits per heavy atom. The van der Waals surface area contributed by atoms with Crippen molar-refractivity contribution >= 4 is 33.9 Å². The quantitative estimate of drug-likeness (QED) is 0.301. The Bertz CT molecular complexity index is 1370. The topological polar surface area (TPSA) is 43.1 Å². The van der Waals surface area contributed by atoms with E-state index in [4.69, 9.17) is 16.0 Å². The monoisotopic (exact) mass is 415 g/mol. The van der Waals surface area contributed by atoms with Gasteiger partial charge in [0.25, 0.3) is 0 Å². The van der Waals surface area contributed by atoms with Crippen molar-refractivity contribution in [1.82, 2.24) is 4.98 Å². The van der Waals surface area contributed by atoms with Gasteiger partial charge >= 0.3 is 5.63 Å². The van der Waals surface area contributed by atoms with Crippen LogP contribution >= 0.6 is 22.9 Å². The minimum absolute atomic E-state index is 0.403. The second-order valence-electron chi connectivity index (χ2n) is 6.61. The van der Waals surface area contributed by atoms with E-state index in [1.165, 1.54) is 16.9 Å². The van der Waals surface area contributed by atoms with Crippen molar-refractivity contribution in [3.05, 3.63) is 99.7 Å². The molecule has 0 spiro atoms. The van der Waals surface area contributed by atoms with Gasteiger partial charge in [-0.15, -0.1) is 11.3 Å². The number of rotatable bonds is 3. The van der Waals surface area contributed by atoms with Gasteiger partial charge in [0.15, 0.2) is 0 Å². The van der Waals surface area contributed by atoms with Gasteiger partial charge in [-0.25, -0.2) is 9.78 Å². The smallest absolute Gasteiger partial charge is 0.346 e. The number of halogens is 1. The summed E-state index contributed by atoms with van der Waals surface area (Å²) in [7, 11) is 0. The van der Waals surface area contributed by atoms with Crippen LogP contribution in [0.25, 0.3) is 43.9 Å². The van der Waals surface area contributed by atoms with E-state index in [-0.39, 0.29) is 0 Å². The van der Waals surface area contributed by atoms with Gasteiger partial charge in [-0.05, 0) is 35.4 Å². The normalized spacial score (nSPS) is 11.1. The Morgan fingerprint density at radius 3 is 2.34 bits per heavy atom. The van der Waals surface area contributed by atoms with Gasteiger partial charge < -0.3 is 4.42 Å². The van der Waals surface area contributed by atoms with Gasteiger partial charge in [0.2, 0.25) is 0 Å². The van der Waals surface area contributed by atoms with Crippen LogP contribution in [0.15, 0.2) is 93.5 Å². The van der Waals surface area contributed by atoms with E-state index in [0.29, 0.717) is 21.2 Å². The molecule has 0 N–H and O–H groups in total. The predicted molar refractivity (Wildman–Crippen MR) is 119 cm³/mol. The van der Waals surface area contributed by atoms with E-state index in [9.17, 15) is 4.79 Å². The molecule has 2 heterocycles. The van der Waals surface area contributed by atoms with Crippen LogP contribution in [0.1, 0.15) is 0 Å². The fraction of sp³-hybridized carbons (Fsp3) is 0. The van der Waals surface area contributed by atoms with Crippen LogP contribution in [0, 0.1) is 0 Å². The highest BCUT2D eigenvalue weighted by Gasteiger charge is 2.13. The standard InChI is InChI=1S/C24H14ClNO2S/c25-19-10-11-22-18(12-19)13-20(24(27)28-22)23-26-21(14-29-23)17-8-6-16(7-9-17)15-4-2-1-3-5-15/h1-14H. The highest BCUT2D eigenvalue weighted by Crippen LogP contribution is 2.30. The van der Waals surface area contributed by atoms with Gasteiger partial charge in [-0.1, -0.05) is 66.2 Å². The molecule has 0 amide bonds. The first-order chi connectivity index (χ1) is 14.2. The summed E-state index contributed by atoms with van der Waals surface area (Å²) < 4.78 is 5.43. The van der Waals surface area contributed by atoms with Crippen LogP contribution in [0.4, 0.5) is 0 Å². The fourth-order valence-corrected chi connectivity index (χ4v) is 4.25. The molecule has 0 aliphatic rings. The largest absolute Gasteiger partial charge is 0.422 e. The van der Waals surface area contributed by atoms with Gasteiger partial charge in [0.1, 0.15) is 10.6 Å². The first-order valence-electron chi connectivity index (χ1n) is 9.02. The minimum atomic E-state index is -0.403. The van der Waals surface area contributed by atoms with E-state index in [1.807, 2.05) is 35.7 Å². The van der Waals surface area contributed by atoms with Crippen molar-refractivity contribution in [1.29, 1.82) is 0 Å². The van der Waals surface area contributed by atoms with E-state index < -0.39 is 5.63 Å². The number of thiazole rings is 1. The second-order valence-corrected chi connectivity index (χ2v) is 7.91. The molecule has 0 radical (unpaired) electrons. The Balaban J connectivity index is 1.50. The van der Waals surface area contributed by atoms with Crippen molar-refractivity contribution in [3.8, 4) is 33.0 Å². The molecular weight excluding hydrogens is 402 g/mol. The highest BCUT2D eigenvalue weighted by molar-refractivity contribution is 7.13.